The number of amides is 13. The van der Waals surface area contributed by atoms with Crippen LogP contribution in [0.3, 0.4) is 0 Å². The average Bonchev–Trinajstić information content (AvgIpc) is 1.54. The van der Waals surface area contributed by atoms with Crippen LogP contribution in [0, 0.1) is 0 Å². The van der Waals surface area contributed by atoms with Crippen LogP contribution in [-0.2, 0) is 107 Å². The molecule has 0 aliphatic carbocycles. The highest BCUT2D eigenvalue weighted by Crippen LogP contribution is 2.24. The number of aromatic hydroxyl groups is 2. The number of unbranched alkanes of at least 4 members (excludes halogenated alkanes) is 1. The second-order valence-corrected chi connectivity index (χ2v) is 28.3. The zero-order chi connectivity index (χ0) is 80.6. The first kappa shape index (κ1) is 87.5. The largest absolute Gasteiger partial charge is 0.508 e. The van der Waals surface area contributed by atoms with Crippen molar-refractivity contribution in [2.75, 3.05) is 31.1 Å². The molecule has 0 unspecified atom stereocenters. The highest BCUT2D eigenvalue weighted by Gasteiger charge is 2.42. The Labute approximate surface area is 640 Å². The van der Waals surface area contributed by atoms with Crippen molar-refractivity contribution in [3.63, 3.8) is 0 Å². The Morgan fingerprint density at radius 2 is 1.06 bits per heavy atom. The smallest absolute Gasteiger partial charge is 0.326 e. The molecule has 1 saturated heterocycles. The molecule has 0 aromatic heterocycles. The summed E-state index contributed by atoms with van der Waals surface area (Å²) in [6, 6.07) is 8.99. The highest BCUT2D eigenvalue weighted by molar-refractivity contribution is 7.98. The van der Waals surface area contributed by atoms with Crippen LogP contribution in [0.2, 0.25) is 0 Å². The van der Waals surface area contributed by atoms with E-state index in [2.05, 4.69) is 53.2 Å². The van der Waals surface area contributed by atoms with Crippen molar-refractivity contribution in [1.82, 2.24) is 58.1 Å². The number of thioether (sulfide) groups is 2. The first-order valence-corrected chi connectivity index (χ1v) is 37.5. The maximum Gasteiger partial charge on any atom is 0.326 e. The predicted octanol–water partition coefficient (Wildman–Crippen LogP) is -3.20. The standard InChI is InChI=1S/C72H93N15O21S2/c73-27-5-4-9-47-63(98)82-51(29-39-7-2-1-3-8-39)67(102)85-54(68(103)81-49(72(107)108)24-26-61(95)96)37-109-35-42-11-13-43(14-12-42)36-110-38-55(69(104)83-52(66(101)79-47)31-41-17-21-45(89)22-18-41)86-70(105)56-10-6-28-87(56)71(106)53(33-58(76)91)84-64(99)48(23-25-60(93)94)80-65(100)50(30-40-15-19-44(88)20-16-40)78-59(92)34-77-62(97)46(74)32-57(75)90/h1-3,7-8,11-22,46-56,88-89H,4-6,9-10,23-38,73-74H2,(H2,75,90)(H2,76,91)(H,77,97)(H,78,92)(H,79,101)(H,80,100)(H,81,103)(H,82,98)(H,83,104)(H,84,99)(H,85,102)(H,86,105)(H,93,94)(H,95,96)(H,107,108)/t46-,47-,48-,49-,50-,51-,52-,53-,54-,55-,56-/m0/s1. The SMILES string of the molecule is NCCCC[C@@H]1NC(=O)[C@H](Cc2ccc(O)cc2)NC(=O)[C@@H](NC(=O)[C@@H]2CCCN2C(=O)[C@H](CC(N)=O)NC(=O)[C@H](CCC(=O)O)NC(=O)[C@H](Cc2ccc(O)cc2)NC(=O)CNC(=O)[C@@H](N)CC(N)=O)CSCc2ccc(cc2)CSC[C@@H](C(=O)N[C@@H](CCC(=O)O)C(=O)O)NC(=O)[C@H](Cc2ccccc2)NC1=O. The van der Waals surface area contributed by atoms with E-state index in [0.717, 1.165) is 22.2 Å². The minimum atomic E-state index is -1.89. The fraction of sp³-hybridized carbons (Fsp3) is 0.444. The Morgan fingerprint density at radius 1 is 0.545 bits per heavy atom. The fourth-order valence-electron chi connectivity index (χ4n) is 11.7. The molecule has 110 heavy (non-hydrogen) atoms. The van der Waals surface area contributed by atoms with Gasteiger partial charge in [0.25, 0.3) is 0 Å². The first-order chi connectivity index (χ1) is 52.4. The zero-order valence-electron chi connectivity index (χ0n) is 59.9. The Kier molecular flexibility index (Phi) is 35.2. The van der Waals surface area contributed by atoms with Crippen LogP contribution in [0.25, 0.3) is 0 Å². The van der Waals surface area contributed by atoms with E-state index in [4.69, 9.17) is 22.9 Å². The lowest BCUT2D eigenvalue weighted by Crippen LogP contribution is -2.61. The predicted molar refractivity (Wildman–Crippen MR) is 398 cm³/mol. The minimum absolute atomic E-state index is 0.0583. The number of nitrogens with one attached hydrogen (secondary N) is 10. The number of primary amides is 2. The number of hydrogen-bond acceptors (Lipinski definition) is 22. The van der Waals surface area contributed by atoms with Crippen LogP contribution in [0.5, 0.6) is 11.5 Å². The number of hydrogen-bond donors (Lipinski definition) is 19. The molecule has 3 heterocycles. The lowest BCUT2D eigenvalue weighted by atomic mass is 10.0. The fourth-order valence-corrected chi connectivity index (χ4v) is 13.7. The van der Waals surface area contributed by atoms with E-state index in [0.29, 0.717) is 28.7 Å². The first-order valence-electron chi connectivity index (χ1n) is 35.2. The minimum Gasteiger partial charge on any atom is -0.508 e. The normalized spacial score (nSPS) is 19.3. The van der Waals surface area contributed by atoms with Crippen LogP contribution < -0.4 is 76.1 Å². The molecule has 7 rings (SSSR count). The molecule has 4 aromatic carbocycles. The summed E-state index contributed by atoms with van der Waals surface area (Å²) in [6.07, 6.45) is -4.25. The third-order valence-electron chi connectivity index (χ3n) is 17.5. The Hall–Kier alpha value is -11.4. The number of nitrogens with zero attached hydrogens (tertiary/aromatic N) is 1. The molecule has 1 fully saturated rings. The summed E-state index contributed by atoms with van der Waals surface area (Å²) in [5.41, 5.74) is 25.0. The summed E-state index contributed by atoms with van der Waals surface area (Å²) in [5.74, 6) is -17.5. The summed E-state index contributed by atoms with van der Waals surface area (Å²) in [6.45, 7) is -0.801. The molecule has 0 radical (unpaired) electrons. The molecule has 3 aliphatic heterocycles. The number of carboxylic acids is 3. The third-order valence-corrected chi connectivity index (χ3v) is 19.7. The molecule has 38 heteroatoms. The molecule has 594 valence electrons. The maximum absolute atomic E-state index is 15.1. The molecule has 2 bridgehead atoms. The van der Waals surface area contributed by atoms with Crippen molar-refractivity contribution in [3.8, 4) is 11.5 Å². The van der Waals surface area contributed by atoms with E-state index in [1.54, 1.807) is 54.6 Å². The number of rotatable bonds is 34. The molecule has 13 amide bonds. The summed E-state index contributed by atoms with van der Waals surface area (Å²) in [7, 11) is 0. The van der Waals surface area contributed by atoms with Gasteiger partial charge in [0.2, 0.25) is 76.8 Å². The molecular formula is C72H93N15O21S2. The van der Waals surface area contributed by atoms with E-state index in [1.165, 1.54) is 60.3 Å². The van der Waals surface area contributed by atoms with Gasteiger partial charge in [-0.2, -0.15) is 23.5 Å². The molecule has 3 aliphatic rings. The van der Waals surface area contributed by atoms with Crippen LogP contribution in [0.1, 0.15) is 98.4 Å². The van der Waals surface area contributed by atoms with Gasteiger partial charge in [0, 0.05) is 61.7 Å². The van der Waals surface area contributed by atoms with Crippen LogP contribution in [-0.4, -0.2) is 223 Å². The number of carbonyl (C=O) groups is 16. The lowest BCUT2D eigenvalue weighted by molar-refractivity contribution is -0.143. The number of phenols is 2. The van der Waals surface area contributed by atoms with E-state index in [-0.39, 0.29) is 92.5 Å². The van der Waals surface area contributed by atoms with Gasteiger partial charge in [-0.3, -0.25) is 71.9 Å². The van der Waals surface area contributed by atoms with Crippen molar-refractivity contribution in [3.05, 3.63) is 131 Å². The zero-order valence-corrected chi connectivity index (χ0v) is 61.5. The molecule has 23 N–H and O–H groups in total. The Morgan fingerprint density at radius 3 is 1.64 bits per heavy atom. The maximum atomic E-state index is 15.1. The topological polar surface area (TPSA) is 602 Å². The van der Waals surface area contributed by atoms with E-state index in [9.17, 15) is 92.7 Å². The van der Waals surface area contributed by atoms with Gasteiger partial charge in [0.1, 0.15) is 71.9 Å². The number of carbonyl (C=O) groups excluding carboxylic acids is 13. The lowest BCUT2D eigenvalue weighted by Gasteiger charge is -2.31. The van der Waals surface area contributed by atoms with Crippen LogP contribution in [0.4, 0.5) is 0 Å². The third kappa shape index (κ3) is 29.6. The van der Waals surface area contributed by atoms with E-state index in [1.807, 2.05) is 0 Å². The van der Waals surface area contributed by atoms with Crippen molar-refractivity contribution >= 4 is 118 Å². The quantitative estimate of drug-likeness (QED) is 0.0162. The monoisotopic (exact) mass is 1570 g/mol. The Balaban J connectivity index is 1.31. The second-order valence-electron chi connectivity index (χ2n) is 26.2. The second kappa shape index (κ2) is 44.2. The van der Waals surface area contributed by atoms with Crippen molar-refractivity contribution in [2.24, 2.45) is 22.9 Å². The van der Waals surface area contributed by atoms with Gasteiger partial charge in [-0.25, -0.2) is 4.79 Å². The van der Waals surface area contributed by atoms with Crippen LogP contribution in [0.15, 0.2) is 103 Å². The van der Waals surface area contributed by atoms with Gasteiger partial charge in [-0.1, -0.05) is 78.9 Å². The average molecular weight is 1570 g/mol. The molecular weight excluding hydrogens is 1480 g/mol. The van der Waals surface area contributed by atoms with E-state index < -0.39 is 206 Å². The van der Waals surface area contributed by atoms with Gasteiger partial charge in [0.15, 0.2) is 0 Å². The number of fused-ring (bicyclic) bond motifs is 20. The van der Waals surface area contributed by atoms with Gasteiger partial charge in [-0.05, 0) is 104 Å². The van der Waals surface area contributed by atoms with Crippen LogP contribution >= 0.6 is 23.5 Å². The number of carboxylic acid groups (broad SMARTS) is 3. The summed E-state index contributed by atoms with van der Waals surface area (Å²) in [5, 5.41) is 74.5. The van der Waals surface area contributed by atoms with Gasteiger partial charge >= 0.3 is 17.9 Å². The Bertz CT molecular complexity index is 3920. The van der Waals surface area contributed by atoms with Crippen molar-refractivity contribution in [2.45, 2.75) is 168 Å². The van der Waals surface area contributed by atoms with Gasteiger partial charge < -0.3 is 107 Å². The molecule has 4 aromatic rings. The summed E-state index contributed by atoms with van der Waals surface area (Å²) >= 11 is 2.33. The number of nitrogens with two attached hydrogens (primary N) is 4. The number of benzene rings is 4. The molecule has 0 spiro atoms. The molecule has 36 nitrogen and oxygen atoms in total. The number of aliphatic carboxylic acids is 3. The summed E-state index contributed by atoms with van der Waals surface area (Å²) in [4.78, 5) is 219. The number of likely N-dealkylation sites (tertiary alicyclic amines) is 1. The van der Waals surface area contributed by atoms with Gasteiger partial charge in [-0.15, -0.1) is 0 Å². The number of phenolic OH excluding ortho intramolecular Hbond substituents is 2. The van der Waals surface area contributed by atoms with Crippen molar-refractivity contribution < 1.29 is 102 Å². The molecule has 11 atom stereocenters. The molecule has 0 saturated carbocycles. The van der Waals surface area contributed by atoms with E-state index >= 15 is 9.59 Å². The highest BCUT2D eigenvalue weighted by atomic mass is 32.2. The summed E-state index contributed by atoms with van der Waals surface area (Å²) < 4.78 is 0. The van der Waals surface area contributed by atoms with Crippen molar-refractivity contribution in [1.29, 1.82) is 0 Å². The van der Waals surface area contributed by atoms with Gasteiger partial charge in [0.05, 0.1) is 25.4 Å².